The highest BCUT2D eigenvalue weighted by atomic mass is 32.1. The maximum atomic E-state index is 11.0. The number of amides is 1. The zero-order chi connectivity index (χ0) is 13.8. The predicted molar refractivity (Wildman–Crippen MR) is 78.5 cm³/mol. The summed E-state index contributed by atoms with van der Waals surface area (Å²) in [5.74, 6) is 0.0723. The lowest BCUT2D eigenvalue weighted by atomic mass is 9.89. The number of hydrogen-bond acceptors (Lipinski definition) is 3. The molecule has 0 aliphatic carbocycles. The Hall–Kier alpha value is -0.680. The molecule has 1 saturated heterocycles. The van der Waals surface area contributed by atoms with E-state index in [1.165, 1.54) is 0 Å². The Balaban J connectivity index is 2.28. The van der Waals surface area contributed by atoms with Gasteiger partial charge in [0.2, 0.25) is 5.91 Å². The zero-order valence-corrected chi connectivity index (χ0v) is 12.5. The van der Waals surface area contributed by atoms with E-state index in [-0.39, 0.29) is 11.3 Å². The number of carbonyl (C=O) groups is 1. The summed E-state index contributed by atoms with van der Waals surface area (Å²) in [6.07, 6.45) is 3.06. The molecule has 0 saturated carbocycles. The van der Waals surface area contributed by atoms with Crippen LogP contribution in [0.3, 0.4) is 0 Å². The molecule has 0 bridgehead atoms. The van der Waals surface area contributed by atoms with Gasteiger partial charge in [0.05, 0.1) is 4.99 Å². The Morgan fingerprint density at radius 2 is 2.00 bits per heavy atom. The zero-order valence-electron chi connectivity index (χ0n) is 11.7. The first-order chi connectivity index (χ1) is 8.31. The second-order valence-corrected chi connectivity index (χ2v) is 6.25. The molecule has 104 valence electrons. The van der Waals surface area contributed by atoms with Gasteiger partial charge in [-0.25, -0.2) is 0 Å². The van der Waals surface area contributed by atoms with Crippen LogP contribution in [0.1, 0.15) is 40.0 Å². The summed E-state index contributed by atoms with van der Waals surface area (Å²) in [4.78, 5) is 14.0. The van der Waals surface area contributed by atoms with E-state index in [2.05, 4.69) is 24.1 Å². The fraction of sp³-hybridized carbons (Fsp3) is 0.846. The molecule has 1 aliphatic rings. The van der Waals surface area contributed by atoms with Gasteiger partial charge in [-0.1, -0.05) is 26.1 Å². The van der Waals surface area contributed by atoms with E-state index in [1.807, 2.05) is 0 Å². The molecule has 1 rings (SSSR count). The second kappa shape index (κ2) is 6.48. The normalized spacial score (nSPS) is 18.6. The van der Waals surface area contributed by atoms with Gasteiger partial charge in [0.1, 0.15) is 0 Å². The van der Waals surface area contributed by atoms with Crippen molar-refractivity contribution in [1.29, 1.82) is 0 Å². The Labute approximate surface area is 115 Å². The molecule has 0 aromatic carbocycles. The van der Waals surface area contributed by atoms with Gasteiger partial charge < -0.3 is 16.0 Å². The lowest BCUT2D eigenvalue weighted by molar-refractivity contribution is -0.119. The SMILES string of the molecule is CC(=O)NC1CCN(CCC(C)(C)C(N)=S)CC1. The van der Waals surface area contributed by atoms with Gasteiger partial charge in [-0.2, -0.15) is 0 Å². The summed E-state index contributed by atoms with van der Waals surface area (Å²) < 4.78 is 0. The molecule has 1 heterocycles. The van der Waals surface area contributed by atoms with E-state index in [0.717, 1.165) is 38.9 Å². The molecule has 0 radical (unpaired) electrons. The maximum Gasteiger partial charge on any atom is 0.217 e. The second-order valence-electron chi connectivity index (χ2n) is 5.81. The van der Waals surface area contributed by atoms with Crippen molar-refractivity contribution in [2.45, 2.75) is 46.1 Å². The molecule has 3 N–H and O–H groups in total. The van der Waals surface area contributed by atoms with Crippen molar-refractivity contribution < 1.29 is 4.79 Å². The van der Waals surface area contributed by atoms with Crippen LogP contribution in [0, 0.1) is 5.41 Å². The number of thiocarbonyl (C=S) groups is 1. The average molecular weight is 271 g/mol. The molecule has 1 amide bonds. The third-order valence-corrected chi connectivity index (χ3v) is 4.27. The summed E-state index contributed by atoms with van der Waals surface area (Å²) in [5.41, 5.74) is 5.66. The van der Waals surface area contributed by atoms with Gasteiger partial charge in [0.25, 0.3) is 0 Å². The highest BCUT2D eigenvalue weighted by molar-refractivity contribution is 7.80. The Bertz CT molecular complexity index is 309. The fourth-order valence-corrected chi connectivity index (χ4v) is 2.25. The molecule has 0 atom stereocenters. The number of carbonyl (C=O) groups excluding carboxylic acids is 1. The minimum Gasteiger partial charge on any atom is -0.393 e. The predicted octanol–water partition coefficient (Wildman–Crippen LogP) is 1.29. The van der Waals surface area contributed by atoms with Crippen LogP contribution in [0.15, 0.2) is 0 Å². The number of nitrogens with one attached hydrogen (secondary N) is 1. The Morgan fingerprint density at radius 3 is 2.44 bits per heavy atom. The molecule has 1 fully saturated rings. The molecule has 5 heteroatoms. The van der Waals surface area contributed by atoms with Gasteiger partial charge in [0, 0.05) is 31.5 Å². The summed E-state index contributed by atoms with van der Waals surface area (Å²) in [5, 5.41) is 2.99. The fourth-order valence-electron chi connectivity index (χ4n) is 2.15. The number of likely N-dealkylation sites (tertiary alicyclic amines) is 1. The molecule has 1 aliphatic heterocycles. The van der Waals surface area contributed by atoms with Crippen LogP contribution in [-0.4, -0.2) is 41.5 Å². The van der Waals surface area contributed by atoms with Crippen molar-refractivity contribution in [3.05, 3.63) is 0 Å². The smallest absolute Gasteiger partial charge is 0.217 e. The number of nitrogens with two attached hydrogens (primary N) is 1. The molecular formula is C13H25N3OS. The molecule has 4 nitrogen and oxygen atoms in total. The highest BCUT2D eigenvalue weighted by Gasteiger charge is 2.24. The topological polar surface area (TPSA) is 58.4 Å². The monoisotopic (exact) mass is 271 g/mol. The van der Waals surface area contributed by atoms with E-state index in [4.69, 9.17) is 18.0 Å². The third kappa shape index (κ3) is 4.90. The standard InChI is InChI=1S/C13H25N3OS/c1-10(17)15-11-4-7-16(8-5-11)9-6-13(2,3)12(14)18/h11H,4-9H2,1-3H3,(H2,14,18)(H,15,17). The lowest BCUT2D eigenvalue weighted by Crippen LogP contribution is -2.45. The van der Waals surface area contributed by atoms with Crippen molar-refractivity contribution >= 4 is 23.1 Å². The number of hydrogen-bond donors (Lipinski definition) is 2. The quantitative estimate of drug-likeness (QED) is 0.740. The van der Waals surface area contributed by atoms with Crippen LogP contribution in [-0.2, 0) is 4.79 Å². The number of nitrogens with zero attached hydrogens (tertiary/aromatic N) is 1. The summed E-state index contributed by atoms with van der Waals surface area (Å²) in [6, 6.07) is 0.349. The molecule has 0 unspecified atom stereocenters. The van der Waals surface area contributed by atoms with Crippen LogP contribution < -0.4 is 11.1 Å². The largest absolute Gasteiger partial charge is 0.393 e. The third-order valence-electron chi connectivity index (χ3n) is 3.72. The summed E-state index contributed by atoms with van der Waals surface area (Å²) in [6.45, 7) is 8.88. The van der Waals surface area contributed by atoms with E-state index < -0.39 is 0 Å². The first-order valence-electron chi connectivity index (χ1n) is 6.60. The van der Waals surface area contributed by atoms with E-state index in [0.29, 0.717) is 11.0 Å². The van der Waals surface area contributed by atoms with Gasteiger partial charge >= 0.3 is 0 Å². The van der Waals surface area contributed by atoms with Crippen LogP contribution in [0.25, 0.3) is 0 Å². The van der Waals surface area contributed by atoms with Crippen molar-refractivity contribution in [1.82, 2.24) is 10.2 Å². The van der Waals surface area contributed by atoms with Crippen molar-refractivity contribution in [2.24, 2.45) is 11.1 Å². The van der Waals surface area contributed by atoms with Crippen molar-refractivity contribution in [3.63, 3.8) is 0 Å². The van der Waals surface area contributed by atoms with E-state index in [1.54, 1.807) is 6.92 Å². The van der Waals surface area contributed by atoms with E-state index in [9.17, 15) is 4.79 Å². The Morgan fingerprint density at radius 1 is 1.44 bits per heavy atom. The first kappa shape index (κ1) is 15.4. The Kier molecular flexibility index (Phi) is 5.53. The first-order valence-corrected chi connectivity index (χ1v) is 7.01. The molecule has 0 aromatic heterocycles. The van der Waals surface area contributed by atoms with E-state index >= 15 is 0 Å². The van der Waals surface area contributed by atoms with Crippen molar-refractivity contribution in [3.8, 4) is 0 Å². The van der Waals surface area contributed by atoms with Crippen LogP contribution in [0.4, 0.5) is 0 Å². The minimum absolute atomic E-state index is 0.0657. The molecule has 0 spiro atoms. The number of rotatable bonds is 5. The molecular weight excluding hydrogens is 246 g/mol. The van der Waals surface area contributed by atoms with Gasteiger partial charge in [-0.05, 0) is 25.8 Å². The highest BCUT2D eigenvalue weighted by Crippen LogP contribution is 2.22. The number of piperidine rings is 1. The van der Waals surface area contributed by atoms with Gasteiger partial charge in [-0.15, -0.1) is 0 Å². The van der Waals surface area contributed by atoms with Gasteiger partial charge in [-0.3, -0.25) is 4.79 Å². The van der Waals surface area contributed by atoms with Crippen molar-refractivity contribution in [2.75, 3.05) is 19.6 Å². The molecule has 0 aromatic rings. The van der Waals surface area contributed by atoms with Crippen LogP contribution in [0.5, 0.6) is 0 Å². The maximum absolute atomic E-state index is 11.0. The molecule has 18 heavy (non-hydrogen) atoms. The minimum atomic E-state index is -0.0657. The summed E-state index contributed by atoms with van der Waals surface area (Å²) in [7, 11) is 0. The summed E-state index contributed by atoms with van der Waals surface area (Å²) >= 11 is 5.08. The van der Waals surface area contributed by atoms with Crippen LogP contribution >= 0.6 is 12.2 Å². The lowest BCUT2D eigenvalue weighted by Gasteiger charge is -2.34. The van der Waals surface area contributed by atoms with Crippen LogP contribution in [0.2, 0.25) is 0 Å². The average Bonchev–Trinajstić information content (AvgIpc) is 2.27. The van der Waals surface area contributed by atoms with Gasteiger partial charge in [0.15, 0.2) is 0 Å².